The first-order valence-electron chi connectivity index (χ1n) is 4.57. The molecule has 1 aromatic heterocycles. The van der Waals surface area contributed by atoms with E-state index in [1.807, 2.05) is 0 Å². The SMILES string of the molecule is Nc1nnc(C(=O)N2CCS(=O)(=O)CC2)s1. The summed E-state index contributed by atoms with van der Waals surface area (Å²) in [5.41, 5.74) is 5.37. The summed E-state index contributed by atoms with van der Waals surface area (Å²) in [4.78, 5) is 13.3. The van der Waals surface area contributed by atoms with E-state index in [-0.39, 0.29) is 40.6 Å². The molecule has 9 heteroatoms. The third-order valence-corrected chi connectivity index (χ3v) is 4.60. The number of amides is 1. The first kappa shape index (κ1) is 11.3. The van der Waals surface area contributed by atoms with Crippen LogP contribution in [0.1, 0.15) is 9.80 Å². The minimum Gasteiger partial charge on any atom is -0.374 e. The number of nitrogen functional groups attached to an aromatic ring is 1. The number of carbonyl (C=O) groups excluding carboxylic acids is 1. The van der Waals surface area contributed by atoms with Crippen LogP contribution >= 0.6 is 11.3 Å². The molecule has 1 aromatic rings. The maximum Gasteiger partial charge on any atom is 0.284 e. The Morgan fingerprint density at radius 1 is 1.31 bits per heavy atom. The van der Waals surface area contributed by atoms with Crippen molar-refractivity contribution in [3.63, 3.8) is 0 Å². The van der Waals surface area contributed by atoms with Gasteiger partial charge in [-0.15, -0.1) is 10.2 Å². The van der Waals surface area contributed by atoms with Crippen molar-refractivity contribution in [1.82, 2.24) is 15.1 Å². The van der Waals surface area contributed by atoms with Crippen molar-refractivity contribution >= 4 is 32.2 Å². The van der Waals surface area contributed by atoms with Crippen molar-refractivity contribution in [2.24, 2.45) is 0 Å². The molecule has 1 saturated heterocycles. The number of hydrogen-bond acceptors (Lipinski definition) is 7. The van der Waals surface area contributed by atoms with E-state index in [1.165, 1.54) is 4.90 Å². The highest BCUT2D eigenvalue weighted by Gasteiger charge is 2.27. The van der Waals surface area contributed by atoms with Crippen molar-refractivity contribution in [1.29, 1.82) is 0 Å². The lowest BCUT2D eigenvalue weighted by Crippen LogP contribution is -2.43. The zero-order valence-corrected chi connectivity index (χ0v) is 9.92. The first-order valence-corrected chi connectivity index (χ1v) is 7.20. The summed E-state index contributed by atoms with van der Waals surface area (Å²) in [6.45, 7) is 0.418. The van der Waals surface area contributed by atoms with Crippen molar-refractivity contribution in [3.8, 4) is 0 Å². The van der Waals surface area contributed by atoms with Crippen molar-refractivity contribution in [2.45, 2.75) is 0 Å². The summed E-state index contributed by atoms with van der Waals surface area (Å²) in [5.74, 6) is -0.288. The number of carbonyl (C=O) groups is 1. The standard InChI is InChI=1S/C7H10N4O3S2/c8-7-10-9-5(15-7)6(12)11-1-3-16(13,14)4-2-11/h1-4H2,(H2,8,10). The molecule has 2 rings (SSSR count). The van der Waals surface area contributed by atoms with Gasteiger partial charge in [-0.1, -0.05) is 11.3 Å². The third-order valence-electron chi connectivity index (χ3n) is 2.26. The van der Waals surface area contributed by atoms with Crippen LogP contribution in [0.3, 0.4) is 0 Å². The third kappa shape index (κ3) is 2.30. The molecule has 1 fully saturated rings. The Bertz CT molecular complexity index is 495. The molecule has 1 amide bonds. The van der Waals surface area contributed by atoms with Crippen LogP contribution in [0.4, 0.5) is 5.13 Å². The van der Waals surface area contributed by atoms with Crippen LogP contribution in [0.5, 0.6) is 0 Å². The van der Waals surface area contributed by atoms with E-state index in [4.69, 9.17) is 5.73 Å². The smallest absolute Gasteiger partial charge is 0.284 e. The molecule has 7 nitrogen and oxygen atoms in total. The first-order chi connectivity index (χ1) is 7.48. The van der Waals surface area contributed by atoms with Crippen molar-refractivity contribution < 1.29 is 13.2 Å². The molecule has 0 aliphatic carbocycles. The normalized spacial score (nSPS) is 19.6. The summed E-state index contributed by atoms with van der Waals surface area (Å²) < 4.78 is 22.4. The molecule has 0 atom stereocenters. The molecular formula is C7H10N4O3S2. The second-order valence-corrected chi connectivity index (χ2v) is 6.70. The average molecular weight is 262 g/mol. The van der Waals surface area contributed by atoms with Gasteiger partial charge in [-0.05, 0) is 0 Å². The van der Waals surface area contributed by atoms with E-state index in [0.29, 0.717) is 0 Å². The molecule has 2 heterocycles. The topological polar surface area (TPSA) is 106 Å². The monoisotopic (exact) mass is 262 g/mol. The number of nitrogens with zero attached hydrogens (tertiary/aromatic N) is 3. The van der Waals surface area contributed by atoms with Crippen LogP contribution in [-0.2, 0) is 9.84 Å². The van der Waals surface area contributed by atoms with Crippen molar-refractivity contribution in [3.05, 3.63) is 5.01 Å². The number of sulfone groups is 1. The second-order valence-electron chi connectivity index (χ2n) is 3.39. The van der Waals surface area contributed by atoms with E-state index in [1.54, 1.807) is 0 Å². The highest BCUT2D eigenvalue weighted by Crippen LogP contribution is 2.15. The van der Waals surface area contributed by atoms with Gasteiger partial charge in [0.05, 0.1) is 11.5 Å². The molecule has 0 aromatic carbocycles. The lowest BCUT2D eigenvalue weighted by Gasteiger charge is -2.25. The van der Waals surface area contributed by atoms with E-state index in [9.17, 15) is 13.2 Å². The molecule has 0 spiro atoms. The number of hydrogen-bond donors (Lipinski definition) is 1. The second kappa shape index (κ2) is 3.98. The van der Waals surface area contributed by atoms with Crippen molar-refractivity contribution in [2.75, 3.05) is 30.3 Å². The maximum absolute atomic E-state index is 11.8. The molecule has 1 aliphatic rings. The lowest BCUT2D eigenvalue weighted by atomic mass is 10.4. The fourth-order valence-corrected chi connectivity index (χ4v) is 3.15. The summed E-state index contributed by atoms with van der Waals surface area (Å²) in [7, 11) is -2.98. The van der Waals surface area contributed by atoms with Crippen LogP contribution < -0.4 is 5.73 Å². The van der Waals surface area contributed by atoms with E-state index >= 15 is 0 Å². The van der Waals surface area contributed by atoms with Crippen LogP contribution in [0.25, 0.3) is 0 Å². The fourth-order valence-electron chi connectivity index (χ4n) is 1.37. The molecule has 0 saturated carbocycles. The average Bonchev–Trinajstić information content (AvgIpc) is 2.64. The van der Waals surface area contributed by atoms with Gasteiger partial charge in [0.2, 0.25) is 10.1 Å². The highest BCUT2D eigenvalue weighted by atomic mass is 32.2. The Balaban J connectivity index is 2.07. The highest BCUT2D eigenvalue weighted by molar-refractivity contribution is 7.91. The largest absolute Gasteiger partial charge is 0.374 e. The minimum atomic E-state index is -2.98. The summed E-state index contributed by atoms with van der Waals surface area (Å²) in [6.07, 6.45) is 0. The Morgan fingerprint density at radius 2 is 1.94 bits per heavy atom. The number of nitrogens with two attached hydrogens (primary N) is 1. The molecule has 0 unspecified atom stereocenters. The minimum absolute atomic E-state index is 0.00697. The molecule has 88 valence electrons. The zero-order chi connectivity index (χ0) is 11.8. The van der Waals surface area contributed by atoms with E-state index < -0.39 is 9.84 Å². The van der Waals surface area contributed by atoms with Crippen LogP contribution in [0.2, 0.25) is 0 Å². The Morgan fingerprint density at radius 3 is 2.44 bits per heavy atom. The van der Waals surface area contributed by atoms with Crippen LogP contribution in [-0.4, -0.2) is 54.0 Å². The zero-order valence-electron chi connectivity index (χ0n) is 8.29. The molecule has 16 heavy (non-hydrogen) atoms. The lowest BCUT2D eigenvalue weighted by molar-refractivity contribution is 0.0769. The maximum atomic E-state index is 11.8. The van der Waals surface area contributed by atoms with Gasteiger partial charge in [0.25, 0.3) is 5.91 Å². The van der Waals surface area contributed by atoms with Crippen LogP contribution in [0.15, 0.2) is 0 Å². The van der Waals surface area contributed by atoms with Crippen LogP contribution in [0, 0.1) is 0 Å². The number of aromatic nitrogens is 2. The van der Waals surface area contributed by atoms with Gasteiger partial charge in [0, 0.05) is 13.1 Å². The van der Waals surface area contributed by atoms with Gasteiger partial charge >= 0.3 is 0 Å². The molecule has 0 bridgehead atoms. The summed E-state index contributed by atoms with van der Waals surface area (Å²) in [5, 5.41) is 7.61. The fraction of sp³-hybridized carbons (Fsp3) is 0.571. The van der Waals surface area contributed by atoms with Gasteiger partial charge in [0.1, 0.15) is 0 Å². The van der Waals surface area contributed by atoms with E-state index in [0.717, 1.165) is 11.3 Å². The quantitative estimate of drug-likeness (QED) is 0.695. The molecule has 2 N–H and O–H groups in total. The Kier molecular flexibility index (Phi) is 2.80. The Hall–Kier alpha value is -1.22. The number of anilines is 1. The summed E-state index contributed by atoms with van der Waals surface area (Å²) >= 11 is 1.00. The molecular weight excluding hydrogens is 252 g/mol. The van der Waals surface area contributed by atoms with E-state index in [2.05, 4.69) is 10.2 Å². The van der Waals surface area contributed by atoms with Gasteiger partial charge < -0.3 is 10.6 Å². The van der Waals surface area contributed by atoms with Gasteiger partial charge in [-0.2, -0.15) is 0 Å². The summed E-state index contributed by atoms with van der Waals surface area (Å²) in [6, 6.07) is 0. The number of rotatable bonds is 1. The van der Waals surface area contributed by atoms with Gasteiger partial charge in [-0.25, -0.2) is 8.42 Å². The van der Waals surface area contributed by atoms with Gasteiger partial charge in [-0.3, -0.25) is 4.79 Å². The predicted octanol–water partition coefficient (Wildman–Crippen LogP) is -1.01. The Labute approximate surface area is 96.2 Å². The predicted molar refractivity (Wildman–Crippen MR) is 58.9 cm³/mol. The molecule has 1 aliphatic heterocycles. The van der Waals surface area contributed by atoms with Gasteiger partial charge in [0.15, 0.2) is 9.84 Å². The molecule has 0 radical (unpaired) electrons.